The van der Waals surface area contributed by atoms with Crippen LogP contribution in [0.5, 0.6) is 0 Å². The van der Waals surface area contributed by atoms with Crippen molar-refractivity contribution in [3.05, 3.63) is 48.0 Å². The summed E-state index contributed by atoms with van der Waals surface area (Å²) in [6, 6.07) is 8.29. The van der Waals surface area contributed by atoms with Crippen LogP contribution in [0, 0.1) is 23.7 Å². The average molecular weight is 443 g/mol. The van der Waals surface area contributed by atoms with Crippen LogP contribution >= 0.6 is 0 Å². The van der Waals surface area contributed by atoms with E-state index in [0.29, 0.717) is 19.4 Å². The van der Waals surface area contributed by atoms with Crippen LogP contribution in [0.4, 0.5) is 0 Å². The Kier molecular flexibility index (Phi) is 8.07. The number of esters is 1. The van der Waals surface area contributed by atoms with Gasteiger partial charge in [-0.1, -0.05) is 56.3 Å². The fourth-order valence-electron chi connectivity index (χ4n) is 5.09. The molecule has 7 nitrogen and oxygen atoms in total. The minimum absolute atomic E-state index is 0.124. The lowest BCUT2D eigenvalue weighted by Crippen LogP contribution is -2.52. The molecule has 0 bridgehead atoms. The molecule has 0 spiro atoms. The molecule has 1 aromatic rings. The van der Waals surface area contributed by atoms with E-state index in [1.54, 1.807) is 6.92 Å². The predicted molar refractivity (Wildman–Crippen MR) is 120 cm³/mol. The lowest BCUT2D eigenvalue weighted by Gasteiger charge is -2.33. The van der Waals surface area contributed by atoms with E-state index in [1.165, 1.54) is 4.90 Å². The van der Waals surface area contributed by atoms with Crippen molar-refractivity contribution in [2.24, 2.45) is 23.7 Å². The van der Waals surface area contributed by atoms with E-state index >= 15 is 0 Å². The molecular formula is C25H34N2O5. The Balaban J connectivity index is 1.95. The molecule has 1 heterocycles. The molecule has 3 rings (SSSR count). The number of carbonyl (C=O) groups is 3. The second-order valence-electron chi connectivity index (χ2n) is 8.48. The van der Waals surface area contributed by atoms with E-state index in [-0.39, 0.29) is 30.9 Å². The molecule has 7 heteroatoms. The summed E-state index contributed by atoms with van der Waals surface area (Å²) in [6.45, 7) is 5.94. The summed E-state index contributed by atoms with van der Waals surface area (Å²) in [4.78, 5) is 41.4. The van der Waals surface area contributed by atoms with Gasteiger partial charge in [-0.2, -0.15) is 0 Å². The number of aliphatic hydroxyl groups is 1. The molecule has 0 radical (unpaired) electrons. The van der Waals surface area contributed by atoms with E-state index in [4.69, 9.17) is 4.74 Å². The van der Waals surface area contributed by atoms with Gasteiger partial charge in [0, 0.05) is 12.5 Å². The van der Waals surface area contributed by atoms with Crippen molar-refractivity contribution in [1.82, 2.24) is 10.2 Å². The molecule has 1 aromatic carbocycles. The molecule has 6 atom stereocenters. The molecule has 2 N–H and O–H groups in total. The zero-order valence-electron chi connectivity index (χ0n) is 19.1. The lowest BCUT2D eigenvalue weighted by molar-refractivity contribution is -0.156. The molecule has 32 heavy (non-hydrogen) atoms. The normalized spacial score (nSPS) is 27.7. The van der Waals surface area contributed by atoms with Crippen molar-refractivity contribution >= 4 is 17.8 Å². The van der Waals surface area contributed by atoms with Crippen molar-refractivity contribution in [3.63, 3.8) is 0 Å². The van der Waals surface area contributed by atoms with Crippen molar-refractivity contribution in [1.29, 1.82) is 0 Å². The molecule has 1 aliphatic heterocycles. The molecule has 1 aliphatic carbocycles. The maximum absolute atomic E-state index is 13.7. The van der Waals surface area contributed by atoms with Gasteiger partial charge in [0.2, 0.25) is 11.8 Å². The molecule has 2 amide bonds. The second kappa shape index (κ2) is 10.8. The Morgan fingerprint density at radius 2 is 1.88 bits per heavy atom. The molecule has 1 saturated heterocycles. The summed E-state index contributed by atoms with van der Waals surface area (Å²) in [5, 5.41) is 12.9. The monoisotopic (exact) mass is 442 g/mol. The van der Waals surface area contributed by atoms with Gasteiger partial charge < -0.3 is 20.1 Å². The summed E-state index contributed by atoms with van der Waals surface area (Å²) in [5.41, 5.74) is 0.956. The maximum atomic E-state index is 13.7. The van der Waals surface area contributed by atoms with Crippen molar-refractivity contribution in [3.8, 4) is 0 Å². The van der Waals surface area contributed by atoms with Crippen molar-refractivity contribution in [2.75, 3.05) is 13.2 Å². The fraction of sp³-hybridized carbons (Fsp3) is 0.560. The van der Waals surface area contributed by atoms with Gasteiger partial charge in [-0.25, -0.2) is 0 Å². The smallest absolute Gasteiger partial charge is 0.310 e. The van der Waals surface area contributed by atoms with Gasteiger partial charge in [-0.3, -0.25) is 14.4 Å². The molecule has 1 fully saturated rings. The molecule has 174 valence electrons. The molecule has 0 unspecified atom stereocenters. The zero-order valence-corrected chi connectivity index (χ0v) is 19.1. The van der Waals surface area contributed by atoms with E-state index in [9.17, 15) is 19.5 Å². The topological polar surface area (TPSA) is 95.9 Å². The number of aliphatic hydroxyl groups excluding tert-OH is 1. The van der Waals surface area contributed by atoms with Crippen LogP contribution in [0.2, 0.25) is 0 Å². The van der Waals surface area contributed by atoms with Gasteiger partial charge in [0.25, 0.3) is 0 Å². The SMILES string of the molecule is CCOC(=O)[C@H]1[C@@H]2C(=O)N([C@@H](CC)CO)[C@H](C(=O)NCc3ccccc3)[C@H]2C=C[C@H]1CC. The van der Waals surface area contributed by atoms with Gasteiger partial charge in [0.05, 0.1) is 31.1 Å². The van der Waals surface area contributed by atoms with Crippen molar-refractivity contribution < 1.29 is 24.2 Å². The number of fused-ring (bicyclic) bond motifs is 1. The third kappa shape index (κ3) is 4.58. The Bertz CT molecular complexity index is 836. The van der Waals surface area contributed by atoms with E-state index in [1.807, 2.05) is 56.3 Å². The van der Waals surface area contributed by atoms with Crippen LogP contribution in [0.3, 0.4) is 0 Å². The molecular weight excluding hydrogens is 408 g/mol. The highest BCUT2D eigenvalue weighted by molar-refractivity contribution is 5.96. The summed E-state index contributed by atoms with van der Waals surface area (Å²) in [5.74, 6) is -2.79. The number of ether oxygens (including phenoxy) is 1. The zero-order chi connectivity index (χ0) is 23.3. The van der Waals surface area contributed by atoms with E-state index < -0.39 is 35.8 Å². The summed E-state index contributed by atoms with van der Waals surface area (Å²) >= 11 is 0. The van der Waals surface area contributed by atoms with E-state index in [0.717, 1.165) is 5.56 Å². The Labute approximate surface area is 189 Å². The first kappa shape index (κ1) is 24.0. The van der Waals surface area contributed by atoms with Gasteiger partial charge in [-0.15, -0.1) is 0 Å². The first-order valence-corrected chi connectivity index (χ1v) is 11.6. The Hall–Kier alpha value is -2.67. The minimum atomic E-state index is -0.778. The summed E-state index contributed by atoms with van der Waals surface area (Å²) in [7, 11) is 0. The van der Waals surface area contributed by atoms with Crippen LogP contribution < -0.4 is 5.32 Å². The number of rotatable bonds is 9. The number of likely N-dealkylation sites (tertiary alicyclic amines) is 1. The third-order valence-corrected chi connectivity index (χ3v) is 6.73. The van der Waals surface area contributed by atoms with Gasteiger partial charge in [0.15, 0.2) is 0 Å². The third-order valence-electron chi connectivity index (χ3n) is 6.73. The largest absolute Gasteiger partial charge is 0.466 e. The number of amides is 2. The number of allylic oxidation sites excluding steroid dienone is 1. The Morgan fingerprint density at radius 3 is 2.47 bits per heavy atom. The van der Waals surface area contributed by atoms with Crippen LogP contribution in [0.1, 0.15) is 39.2 Å². The van der Waals surface area contributed by atoms with Crippen LogP contribution in [0.25, 0.3) is 0 Å². The minimum Gasteiger partial charge on any atom is -0.466 e. The predicted octanol–water partition coefficient (Wildman–Crippen LogP) is 2.29. The number of benzene rings is 1. The number of hydrogen-bond acceptors (Lipinski definition) is 5. The van der Waals surface area contributed by atoms with E-state index in [2.05, 4.69) is 5.32 Å². The maximum Gasteiger partial charge on any atom is 0.310 e. The van der Waals surface area contributed by atoms with Gasteiger partial charge >= 0.3 is 5.97 Å². The summed E-state index contributed by atoms with van der Waals surface area (Å²) < 4.78 is 5.33. The number of nitrogens with zero attached hydrogens (tertiary/aromatic N) is 1. The number of carbonyl (C=O) groups excluding carboxylic acids is 3. The molecule has 2 aliphatic rings. The van der Waals surface area contributed by atoms with Gasteiger partial charge in [-0.05, 0) is 31.2 Å². The van der Waals surface area contributed by atoms with Crippen molar-refractivity contribution in [2.45, 2.75) is 52.2 Å². The highest BCUT2D eigenvalue weighted by Gasteiger charge is 2.58. The highest BCUT2D eigenvalue weighted by Crippen LogP contribution is 2.46. The van der Waals surface area contributed by atoms with Crippen LogP contribution in [0.15, 0.2) is 42.5 Å². The molecule has 0 saturated carbocycles. The second-order valence-corrected chi connectivity index (χ2v) is 8.48. The highest BCUT2D eigenvalue weighted by atomic mass is 16.5. The molecule has 0 aromatic heterocycles. The Morgan fingerprint density at radius 1 is 1.16 bits per heavy atom. The van der Waals surface area contributed by atoms with Crippen LogP contribution in [-0.2, 0) is 25.7 Å². The lowest BCUT2D eigenvalue weighted by atomic mass is 9.69. The average Bonchev–Trinajstić information content (AvgIpc) is 3.11. The quantitative estimate of drug-likeness (QED) is 0.452. The van der Waals surface area contributed by atoms with Gasteiger partial charge in [0.1, 0.15) is 6.04 Å². The first-order chi connectivity index (χ1) is 15.5. The standard InChI is InChI=1S/C25H34N2O5/c1-4-17-12-13-19-21(20(17)25(31)32-6-3)24(30)27(18(5-2)15-28)22(19)23(29)26-14-16-10-8-7-9-11-16/h7-13,17-22,28H,4-6,14-15H2,1-3H3,(H,26,29)/t17-,18+,19+,20-,21-,22+/m1/s1. The number of nitrogens with one attached hydrogen (secondary N) is 1. The van der Waals surface area contributed by atoms with Crippen LogP contribution in [-0.4, -0.2) is 53.1 Å². The first-order valence-electron chi connectivity index (χ1n) is 11.6. The number of hydrogen-bond donors (Lipinski definition) is 2. The fourth-order valence-corrected chi connectivity index (χ4v) is 5.09. The summed E-state index contributed by atoms with van der Waals surface area (Å²) in [6.07, 6.45) is 5.08.